The van der Waals surface area contributed by atoms with E-state index < -0.39 is 17.9 Å². The third kappa shape index (κ3) is 2.53. The van der Waals surface area contributed by atoms with Crippen LogP contribution in [-0.4, -0.2) is 40.8 Å². The SMILES string of the molecule is O=C(NC1COCC1C(=O)O)c1cc(Cl)cn1C1CC1. The summed E-state index contributed by atoms with van der Waals surface area (Å²) < 4.78 is 7.00. The molecular formula is C13H15ClN2O4. The van der Waals surface area contributed by atoms with Crippen LogP contribution >= 0.6 is 11.6 Å². The molecule has 1 aliphatic heterocycles. The van der Waals surface area contributed by atoms with Gasteiger partial charge in [0.25, 0.3) is 5.91 Å². The Morgan fingerprint density at radius 3 is 2.80 bits per heavy atom. The summed E-state index contributed by atoms with van der Waals surface area (Å²) in [6.07, 6.45) is 3.82. The molecule has 1 aliphatic carbocycles. The molecule has 1 amide bonds. The van der Waals surface area contributed by atoms with Crippen LogP contribution in [0.1, 0.15) is 29.4 Å². The summed E-state index contributed by atoms with van der Waals surface area (Å²) in [5.41, 5.74) is 0.480. The van der Waals surface area contributed by atoms with Crippen LogP contribution in [0.4, 0.5) is 0 Å². The number of hydrogen-bond acceptors (Lipinski definition) is 3. The summed E-state index contributed by atoms with van der Waals surface area (Å²) in [6, 6.07) is 1.44. The van der Waals surface area contributed by atoms with Crippen molar-refractivity contribution in [2.75, 3.05) is 13.2 Å². The fourth-order valence-corrected chi connectivity index (χ4v) is 2.67. The summed E-state index contributed by atoms with van der Waals surface area (Å²) in [4.78, 5) is 23.4. The number of nitrogens with zero attached hydrogens (tertiary/aromatic N) is 1. The highest BCUT2D eigenvalue weighted by Gasteiger charge is 2.36. The molecule has 3 rings (SSSR count). The third-order valence-electron chi connectivity index (χ3n) is 3.70. The maximum absolute atomic E-state index is 12.3. The van der Waals surface area contributed by atoms with E-state index in [0.717, 1.165) is 12.8 Å². The molecule has 1 aromatic heterocycles. The van der Waals surface area contributed by atoms with Gasteiger partial charge in [0, 0.05) is 12.2 Å². The molecule has 2 fully saturated rings. The van der Waals surface area contributed by atoms with Crippen molar-refractivity contribution in [3.05, 3.63) is 23.0 Å². The number of carboxylic acid groups (broad SMARTS) is 1. The van der Waals surface area contributed by atoms with Crippen LogP contribution in [-0.2, 0) is 9.53 Å². The smallest absolute Gasteiger partial charge is 0.311 e. The second-order valence-electron chi connectivity index (χ2n) is 5.24. The number of hydrogen-bond donors (Lipinski definition) is 2. The highest BCUT2D eigenvalue weighted by molar-refractivity contribution is 6.31. The molecule has 2 aliphatic rings. The normalized spacial score (nSPS) is 25.6. The highest BCUT2D eigenvalue weighted by atomic mass is 35.5. The Balaban J connectivity index is 1.74. The second kappa shape index (κ2) is 5.10. The molecule has 0 aromatic carbocycles. The number of aliphatic carboxylic acids is 1. The first-order chi connectivity index (χ1) is 9.56. The Bertz CT molecular complexity index is 553. The second-order valence-corrected chi connectivity index (χ2v) is 5.68. The number of carboxylic acids is 1. The monoisotopic (exact) mass is 298 g/mol. The largest absolute Gasteiger partial charge is 0.481 e. The standard InChI is InChI=1S/C13H15ClN2O4/c14-7-3-11(16(4-7)8-1-2-8)12(17)15-10-6-20-5-9(10)13(18)19/h3-4,8-10H,1-2,5-6H2,(H,15,17)(H,18,19). The van der Waals surface area contributed by atoms with Crippen LogP contribution in [0.25, 0.3) is 0 Å². The maximum Gasteiger partial charge on any atom is 0.311 e. The van der Waals surface area contributed by atoms with Crippen molar-refractivity contribution >= 4 is 23.5 Å². The number of aromatic nitrogens is 1. The Labute approximate surface area is 120 Å². The zero-order valence-electron chi connectivity index (χ0n) is 10.7. The molecular weight excluding hydrogens is 284 g/mol. The van der Waals surface area contributed by atoms with E-state index >= 15 is 0 Å². The van der Waals surface area contributed by atoms with Crippen LogP contribution in [0.3, 0.4) is 0 Å². The maximum atomic E-state index is 12.3. The molecule has 1 aromatic rings. The number of ether oxygens (including phenoxy) is 1. The van der Waals surface area contributed by atoms with Crippen LogP contribution in [0.15, 0.2) is 12.3 Å². The van der Waals surface area contributed by atoms with Gasteiger partial charge in [0.15, 0.2) is 0 Å². The Hall–Kier alpha value is -1.53. The van der Waals surface area contributed by atoms with E-state index in [1.54, 1.807) is 12.3 Å². The van der Waals surface area contributed by atoms with Gasteiger partial charge in [-0.3, -0.25) is 9.59 Å². The summed E-state index contributed by atoms with van der Waals surface area (Å²) in [7, 11) is 0. The molecule has 108 valence electrons. The minimum absolute atomic E-state index is 0.130. The summed E-state index contributed by atoms with van der Waals surface area (Å²) in [5, 5.41) is 12.3. The summed E-state index contributed by atoms with van der Waals surface area (Å²) >= 11 is 5.96. The molecule has 2 heterocycles. The van der Waals surface area contributed by atoms with E-state index in [2.05, 4.69) is 5.32 Å². The predicted octanol–water partition coefficient (Wildman–Crippen LogP) is 1.31. The van der Waals surface area contributed by atoms with Gasteiger partial charge < -0.3 is 19.7 Å². The average Bonchev–Trinajstić information content (AvgIpc) is 3.00. The molecule has 2 unspecified atom stereocenters. The van der Waals surface area contributed by atoms with Gasteiger partial charge in [0.05, 0.1) is 24.3 Å². The molecule has 2 atom stereocenters. The number of carbonyl (C=O) groups excluding carboxylic acids is 1. The van der Waals surface area contributed by atoms with Gasteiger partial charge in [-0.05, 0) is 18.9 Å². The van der Waals surface area contributed by atoms with Crippen LogP contribution in [0, 0.1) is 5.92 Å². The lowest BCUT2D eigenvalue weighted by Gasteiger charge is -2.16. The van der Waals surface area contributed by atoms with E-state index in [0.29, 0.717) is 16.8 Å². The predicted molar refractivity (Wildman–Crippen MR) is 70.9 cm³/mol. The Kier molecular flexibility index (Phi) is 3.43. The summed E-state index contributed by atoms with van der Waals surface area (Å²) in [5.74, 6) is -1.95. The van der Waals surface area contributed by atoms with E-state index in [1.807, 2.05) is 4.57 Å². The fraction of sp³-hybridized carbons (Fsp3) is 0.538. The lowest BCUT2D eigenvalue weighted by Crippen LogP contribution is -2.43. The van der Waals surface area contributed by atoms with Crippen molar-refractivity contribution in [3.8, 4) is 0 Å². The zero-order valence-corrected chi connectivity index (χ0v) is 11.5. The molecule has 1 saturated carbocycles. The minimum Gasteiger partial charge on any atom is -0.481 e. The van der Waals surface area contributed by atoms with E-state index in [4.69, 9.17) is 21.4 Å². The van der Waals surface area contributed by atoms with E-state index in [9.17, 15) is 9.59 Å². The first-order valence-corrected chi connectivity index (χ1v) is 6.93. The minimum atomic E-state index is -0.955. The molecule has 6 nitrogen and oxygen atoms in total. The molecule has 1 saturated heterocycles. The molecule has 0 spiro atoms. The topological polar surface area (TPSA) is 80.6 Å². The van der Waals surface area contributed by atoms with Crippen molar-refractivity contribution in [3.63, 3.8) is 0 Å². The van der Waals surface area contributed by atoms with Crippen LogP contribution < -0.4 is 5.32 Å². The van der Waals surface area contributed by atoms with E-state index in [-0.39, 0.29) is 19.1 Å². The van der Waals surface area contributed by atoms with Crippen LogP contribution in [0.2, 0.25) is 5.02 Å². The molecule has 0 bridgehead atoms. The highest BCUT2D eigenvalue weighted by Crippen LogP contribution is 2.37. The van der Waals surface area contributed by atoms with Crippen molar-refractivity contribution in [1.29, 1.82) is 0 Å². The molecule has 20 heavy (non-hydrogen) atoms. The molecule has 0 radical (unpaired) electrons. The van der Waals surface area contributed by atoms with Gasteiger partial charge in [-0.2, -0.15) is 0 Å². The zero-order chi connectivity index (χ0) is 14.3. The lowest BCUT2D eigenvalue weighted by atomic mass is 10.0. The van der Waals surface area contributed by atoms with Gasteiger partial charge in [-0.15, -0.1) is 0 Å². The molecule has 7 heteroatoms. The first-order valence-electron chi connectivity index (χ1n) is 6.55. The third-order valence-corrected chi connectivity index (χ3v) is 3.91. The number of carbonyl (C=O) groups is 2. The Morgan fingerprint density at radius 1 is 1.40 bits per heavy atom. The average molecular weight is 299 g/mol. The number of halogens is 1. The molecule has 2 N–H and O–H groups in total. The van der Waals surface area contributed by atoms with E-state index in [1.165, 1.54) is 0 Å². The van der Waals surface area contributed by atoms with Gasteiger partial charge in [-0.25, -0.2) is 0 Å². The first kappa shape index (κ1) is 13.5. The summed E-state index contributed by atoms with van der Waals surface area (Å²) in [6.45, 7) is 0.352. The van der Waals surface area contributed by atoms with Gasteiger partial charge in [0.1, 0.15) is 11.6 Å². The van der Waals surface area contributed by atoms with Gasteiger partial charge >= 0.3 is 5.97 Å². The van der Waals surface area contributed by atoms with Crippen LogP contribution in [0.5, 0.6) is 0 Å². The number of amides is 1. The van der Waals surface area contributed by atoms with Crippen molar-refractivity contribution < 1.29 is 19.4 Å². The van der Waals surface area contributed by atoms with Gasteiger partial charge in [0.2, 0.25) is 0 Å². The van der Waals surface area contributed by atoms with Gasteiger partial charge in [-0.1, -0.05) is 11.6 Å². The Morgan fingerprint density at radius 2 is 2.15 bits per heavy atom. The quantitative estimate of drug-likeness (QED) is 0.878. The fourth-order valence-electron chi connectivity index (χ4n) is 2.46. The van der Waals surface area contributed by atoms with Crippen molar-refractivity contribution in [2.24, 2.45) is 5.92 Å². The lowest BCUT2D eigenvalue weighted by molar-refractivity contribution is -0.142. The number of rotatable bonds is 4. The van der Waals surface area contributed by atoms with Crippen molar-refractivity contribution in [1.82, 2.24) is 9.88 Å². The van der Waals surface area contributed by atoms with Crippen molar-refractivity contribution in [2.45, 2.75) is 24.9 Å². The number of nitrogens with one attached hydrogen (secondary N) is 1.